The molecule has 2 aromatic rings. The van der Waals surface area contributed by atoms with Crippen molar-refractivity contribution in [1.82, 2.24) is 14.8 Å². The number of fused-ring (bicyclic) bond motifs is 1. The maximum absolute atomic E-state index is 13.6. The molecule has 0 amide bonds. The highest BCUT2D eigenvalue weighted by molar-refractivity contribution is 7.12. The fourth-order valence-corrected chi connectivity index (χ4v) is 3.47. The largest absolute Gasteiger partial charge is 0.479 e. The lowest BCUT2D eigenvalue weighted by atomic mass is 10.2. The molecule has 0 saturated heterocycles. The first kappa shape index (κ1) is 19.1. The van der Waals surface area contributed by atoms with Gasteiger partial charge in [-0.2, -0.15) is 18.4 Å². The van der Waals surface area contributed by atoms with Crippen LogP contribution in [0.15, 0.2) is 23.3 Å². The first-order valence-corrected chi connectivity index (χ1v) is 9.13. The van der Waals surface area contributed by atoms with E-state index in [-0.39, 0.29) is 10.7 Å². The summed E-state index contributed by atoms with van der Waals surface area (Å²) in [5.74, 6) is -1.74. The van der Waals surface area contributed by atoms with E-state index in [0.717, 1.165) is 30.6 Å². The van der Waals surface area contributed by atoms with E-state index in [1.807, 2.05) is 0 Å². The molecule has 0 atom stereocenters. The first-order valence-electron chi connectivity index (χ1n) is 8.25. The molecule has 27 heavy (non-hydrogen) atoms. The zero-order valence-electron chi connectivity index (χ0n) is 14.1. The summed E-state index contributed by atoms with van der Waals surface area (Å²) < 4.78 is 47.0. The van der Waals surface area contributed by atoms with E-state index in [1.165, 1.54) is 10.6 Å². The first-order chi connectivity index (χ1) is 12.9. The summed E-state index contributed by atoms with van der Waals surface area (Å²) in [6, 6.07) is 4.66. The molecule has 0 aromatic carbocycles. The molecule has 3 rings (SSSR count). The van der Waals surface area contributed by atoms with Crippen molar-refractivity contribution in [2.75, 3.05) is 6.61 Å². The maximum atomic E-state index is 13.6. The Labute approximate surface area is 156 Å². The minimum Gasteiger partial charge on any atom is -0.479 e. The van der Waals surface area contributed by atoms with Crippen molar-refractivity contribution in [3.05, 3.63) is 39.8 Å². The molecule has 0 spiro atoms. The summed E-state index contributed by atoms with van der Waals surface area (Å²) >= 11 is 1.10. The van der Waals surface area contributed by atoms with E-state index >= 15 is 0 Å². The molecule has 0 aliphatic carbocycles. The van der Waals surface area contributed by atoms with Crippen LogP contribution in [0.3, 0.4) is 0 Å². The summed E-state index contributed by atoms with van der Waals surface area (Å²) in [7, 11) is 0. The number of carbonyl (C=O) groups excluding carboxylic acids is 1. The number of thiophene rings is 1. The van der Waals surface area contributed by atoms with E-state index in [0.29, 0.717) is 18.8 Å². The number of Topliss-reactive ketones (excluding diaryl/α,β-unsaturated/α-hetero) is 1. The van der Waals surface area contributed by atoms with Crippen LogP contribution in [-0.2, 0) is 17.7 Å². The molecule has 6 nitrogen and oxygen atoms in total. The normalized spacial score (nSPS) is 15.3. The van der Waals surface area contributed by atoms with E-state index in [9.17, 15) is 23.2 Å². The zero-order valence-corrected chi connectivity index (χ0v) is 14.9. The summed E-state index contributed by atoms with van der Waals surface area (Å²) in [6.07, 6.45) is -1.81. The molecule has 0 N–H and O–H groups in total. The number of aromatic nitrogens is 3. The molecule has 3 heterocycles. The van der Waals surface area contributed by atoms with Gasteiger partial charge >= 0.3 is 6.18 Å². The zero-order chi connectivity index (χ0) is 19.4. The topological polar surface area (TPSA) is 80.8 Å². The summed E-state index contributed by atoms with van der Waals surface area (Å²) in [5, 5.41) is 18.8. The van der Waals surface area contributed by atoms with Crippen molar-refractivity contribution < 1.29 is 22.7 Å². The Morgan fingerprint density at radius 3 is 2.81 bits per heavy atom. The smallest absolute Gasteiger partial charge is 0.450 e. The fraction of sp³-hybridized carbons (Fsp3) is 0.412. The molecule has 0 unspecified atom stereocenters. The Hall–Kier alpha value is -2.67. The number of hydrogen-bond donors (Lipinski definition) is 0. The van der Waals surface area contributed by atoms with Gasteiger partial charge in [0.1, 0.15) is 17.5 Å². The van der Waals surface area contributed by atoms with Crippen LogP contribution < -0.4 is 0 Å². The lowest BCUT2D eigenvalue weighted by molar-refractivity contribution is -0.127. The molecule has 0 saturated carbocycles. The van der Waals surface area contributed by atoms with Crippen molar-refractivity contribution in [2.24, 2.45) is 0 Å². The second-order valence-corrected chi connectivity index (χ2v) is 6.85. The van der Waals surface area contributed by atoms with Gasteiger partial charge in [-0.1, -0.05) is 12.5 Å². The highest BCUT2D eigenvalue weighted by Crippen LogP contribution is 2.33. The number of allylic oxidation sites excluding steroid dienone is 2. The van der Waals surface area contributed by atoms with E-state index in [4.69, 9.17) is 4.74 Å². The molecule has 0 bridgehead atoms. The van der Waals surface area contributed by atoms with Crippen LogP contribution in [0.25, 0.3) is 5.57 Å². The second kappa shape index (κ2) is 7.92. The van der Waals surface area contributed by atoms with Gasteiger partial charge in [0.25, 0.3) is 0 Å². The molecule has 2 aromatic heterocycles. The molecule has 0 fully saturated rings. The third kappa shape index (κ3) is 4.19. The number of ketones is 1. The van der Waals surface area contributed by atoms with Crippen LogP contribution in [0.1, 0.15) is 40.6 Å². The van der Waals surface area contributed by atoms with Crippen molar-refractivity contribution >= 4 is 22.7 Å². The number of carbonyl (C=O) groups is 1. The minimum atomic E-state index is -4.95. The Morgan fingerprint density at radius 2 is 2.15 bits per heavy atom. The van der Waals surface area contributed by atoms with Gasteiger partial charge in [-0.3, -0.25) is 4.79 Å². The van der Waals surface area contributed by atoms with Gasteiger partial charge in [0.2, 0.25) is 11.5 Å². The van der Waals surface area contributed by atoms with Crippen LogP contribution in [0, 0.1) is 11.3 Å². The quantitative estimate of drug-likeness (QED) is 0.437. The monoisotopic (exact) mass is 396 g/mol. The van der Waals surface area contributed by atoms with Crippen molar-refractivity contribution in [1.29, 1.82) is 5.26 Å². The number of hydrogen-bond acceptors (Lipinski definition) is 6. The highest BCUT2D eigenvalue weighted by Gasteiger charge is 2.41. The SMILES string of the molecule is N#C/C(=C(\OCC(=O)c1cccs1)C(F)(F)F)c1nnc2n1CCCCC2. The predicted molar refractivity (Wildman–Crippen MR) is 90.8 cm³/mol. The van der Waals surface area contributed by atoms with Gasteiger partial charge in [-0.25, -0.2) is 0 Å². The average Bonchev–Trinajstić information content (AvgIpc) is 3.23. The third-order valence-corrected chi connectivity index (χ3v) is 4.98. The second-order valence-electron chi connectivity index (χ2n) is 5.90. The van der Waals surface area contributed by atoms with Crippen molar-refractivity contribution in [2.45, 2.75) is 38.4 Å². The van der Waals surface area contributed by atoms with Crippen LogP contribution in [-0.4, -0.2) is 33.3 Å². The number of alkyl halides is 3. The Bertz CT molecular complexity index is 894. The highest BCUT2D eigenvalue weighted by atomic mass is 32.1. The number of halogens is 3. The van der Waals surface area contributed by atoms with Gasteiger partial charge in [-0.15, -0.1) is 21.5 Å². The van der Waals surface area contributed by atoms with E-state index in [2.05, 4.69) is 10.2 Å². The lowest BCUT2D eigenvalue weighted by Gasteiger charge is -2.15. The van der Waals surface area contributed by atoms with Gasteiger partial charge in [0, 0.05) is 13.0 Å². The van der Waals surface area contributed by atoms with E-state index < -0.39 is 29.9 Å². The molecule has 0 radical (unpaired) electrons. The Balaban J connectivity index is 1.96. The molecule has 1 aliphatic rings. The fourth-order valence-electron chi connectivity index (χ4n) is 2.81. The Kier molecular flexibility index (Phi) is 5.60. The molecule has 142 valence electrons. The van der Waals surface area contributed by atoms with Crippen LogP contribution in [0.5, 0.6) is 0 Å². The van der Waals surface area contributed by atoms with Crippen LogP contribution in [0.2, 0.25) is 0 Å². The molecular formula is C17H15F3N4O2S. The number of nitrogens with zero attached hydrogens (tertiary/aromatic N) is 4. The summed E-state index contributed by atoms with van der Waals surface area (Å²) in [4.78, 5) is 12.3. The van der Waals surface area contributed by atoms with Crippen LogP contribution >= 0.6 is 11.3 Å². The minimum absolute atomic E-state index is 0.176. The number of ether oxygens (including phenoxy) is 1. The molecular weight excluding hydrogens is 381 g/mol. The van der Waals surface area contributed by atoms with Crippen molar-refractivity contribution in [3.63, 3.8) is 0 Å². The standard InChI is InChI=1S/C17H15F3N4O2S/c18-17(19,20)15(26-10-12(25)13-5-4-8-27-13)11(9-21)16-23-22-14-6-2-1-3-7-24(14)16/h4-5,8H,1-3,6-7,10H2/b15-11+. The molecule has 1 aliphatic heterocycles. The van der Waals surface area contributed by atoms with Gasteiger partial charge in [0.05, 0.1) is 4.88 Å². The van der Waals surface area contributed by atoms with Crippen molar-refractivity contribution in [3.8, 4) is 6.07 Å². The Morgan fingerprint density at radius 1 is 1.33 bits per heavy atom. The summed E-state index contributed by atoms with van der Waals surface area (Å²) in [6.45, 7) is -0.385. The van der Waals surface area contributed by atoms with E-state index in [1.54, 1.807) is 17.5 Å². The predicted octanol–water partition coefficient (Wildman–Crippen LogP) is 3.76. The summed E-state index contributed by atoms with van der Waals surface area (Å²) in [5.41, 5.74) is -0.762. The van der Waals surface area contributed by atoms with Gasteiger partial charge in [0.15, 0.2) is 12.4 Å². The maximum Gasteiger partial charge on any atom is 0.450 e. The van der Waals surface area contributed by atoms with Gasteiger partial charge in [-0.05, 0) is 24.3 Å². The van der Waals surface area contributed by atoms with Gasteiger partial charge < -0.3 is 9.30 Å². The van der Waals surface area contributed by atoms with Crippen LogP contribution in [0.4, 0.5) is 13.2 Å². The third-order valence-electron chi connectivity index (χ3n) is 4.07. The number of aryl methyl sites for hydroxylation is 1. The number of nitriles is 1. The average molecular weight is 396 g/mol. The molecule has 10 heteroatoms. The number of rotatable bonds is 5. The lowest BCUT2D eigenvalue weighted by Crippen LogP contribution is -2.21.